The smallest absolute Gasteiger partial charge is 0.255 e. The van der Waals surface area contributed by atoms with Crippen LogP contribution in [0.4, 0.5) is 5.69 Å². The van der Waals surface area contributed by atoms with E-state index in [-0.39, 0.29) is 5.91 Å². The van der Waals surface area contributed by atoms with Gasteiger partial charge in [-0.15, -0.1) is 0 Å². The van der Waals surface area contributed by atoms with Gasteiger partial charge < -0.3 is 14.8 Å². The van der Waals surface area contributed by atoms with Gasteiger partial charge in [-0.05, 0) is 43.3 Å². The van der Waals surface area contributed by atoms with Crippen molar-refractivity contribution < 1.29 is 14.3 Å². The van der Waals surface area contributed by atoms with E-state index in [1.54, 1.807) is 31.4 Å². The lowest BCUT2D eigenvalue weighted by molar-refractivity contribution is 0.102. The van der Waals surface area contributed by atoms with Crippen LogP contribution in [0, 0.1) is 0 Å². The lowest BCUT2D eigenvalue weighted by atomic mass is 10.2. The highest BCUT2D eigenvalue weighted by Crippen LogP contribution is 2.24. The second kappa shape index (κ2) is 6.61. The average Bonchev–Trinajstić information content (AvgIpc) is 2.49. The van der Waals surface area contributed by atoms with Crippen LogP contribution < -0.4 is 14.8 Å². The second-order valence-electron chi connectivity index (χ2n) is 4.11. The first-order valence-electron chi connectivity index (χ1n) is 6.42. The highest BCUT2D eigenvalue weighted by molar-refractivity contribution is 6.05. The topological polar surface area (TPSA) is 47.6 Å². The summed E-state index contributed by atoms with van der Waals surface area (Å²) in [6.07, 6.45) is 0. The molecule has 1 N–H and O–H groups in total. The SMILES string of the molecule is CCOc1ccccc1NC(=O)c1ccc(OC)cc1. The molecule has 1 amide bonds. The van der Waals surface area contributed by atoms with Gasteiger partial charge in [-0.25, -0.2) is 0 Å². The van der Waals surface area contributed by atoms with Gasteiger partial charge in [-0.1, -0.05) is 12.1 Å². The van der Waals surface area contributed by atoms with Crippen LogP contribution in [0.2, 0.25) is 0 Å². The lowest BCUT2D eigenvalue weighted by Gasteiger charge is -2.11. The summed E-state index contributed by atoms with van der Waals surface area (Å²) in [6.45, 7) is 2.46. The predicted octanol–water partition coefficient (Wildman–Crippen LogP) is 3.35. The van der Waals surface area contributed by atoms with E-state index in [9.17, 15) is 4.79 Å². The molecule has 0 aromatic heterocycles. The summed E-state index contributed by atoms with van der Waals surface area (Å²) in [6, 6.07) is 14.3. The van der Waals surface area contributed by atoms with Crippen LogP contribution in [-0.2, 0) is 0 Å². The fraction of sp³-hybridized carbons (Fsp3) is 0.188. The zero-order valence-electron chi connectivity index (χ0n) is 11.6. The molecule has 4 heteroatoms. The number of anilines is 1. The monoisotopic (exact) mass is 271 g/mol. The minimum atomic E-state index is -0.181. The number of carbonyl (C=O) groups is 1. The molecule has 0 aliphatic carbocycles. The number of para-hydroxylation sites is 2. The summed E-state index contributed by atoms with van der Waals surface area (Å²) in [5.74, 6) is 1.20. The largest absolute Gasteiger partial charge is 0.497 e. The molecule has 0 saturated heterocycles. The molecule has 0 heterocycles. The summed E-state index contributed by atoms with van der Waals surface area (Å²) in [7, 11) is 1.59. The van der Waals surface area contributed by atoms with Crippen molar-refractivity contribution in [3.05, 3.63) is 54.1 Å². The Hall–Kier alpha value is -2.49. The Morgan fingerprint density at radius 1 is 1.10 bits per heavy atom. The van der Waals surface area contributed by atoms with Crippen LogP contribution >= 0.6 is 0 Å². The number of amides is 1. The molecule has 0 spiro atoms. The Morgan fingerprint density at radius 3 is 2.45 bits per heavy atom. The molecule has 0 bridgehead atoms. The Labute approximate surface area is 118 Å². The van der Waals surface area contributed by atoms with E-state index in [1.807, 2.05) is 31.2 Å². The molecule has 2 aromatic rings. The maximum atomic E-state index is 12.2. The third kappa shape index (κ3) is 3.29. The number of rotatable bonds is 5. The van der Waals surface area contributed by atoms with Crippen molar-refractivity contribution >= 4 is 11.6 Å². The molecule has 4 nitrogen and oxygen atoms in total. The van der Waals surface area contributed by atoms with Crippen molar-refractivity contribution in [1.29, 1.82) is 0 Å². The molecular formula is C16H17NO3. The van der Waals surface area contributed by atoms with Crippen molar-refractivity contribution in [2.24, 2.45) is 0 Å². The Bertz CT molecular complexity index is 579. The van der Waals surface area contributed by atoms with Gasteiger partial charge in [0.05, 0.1) is 19.4 Å². The van der Waals surface area contributed by atoms with Crippen LogP contribution in [0.5, 0.6) is 11.5 Å². The number of methoxy groups -OCH3 is 1. The summed E-state index contributed by atoms with van der Waals surface area (Å²) >= 11 is 0. The average molecular weight is 271 g/mol. The maximum absolute atomic E-state index is 12.2. The van der Waals surface area contributed by atoms with Gasteiger partial charge in [0.2, 0.25) is 0 Å². The van der Waals surface area contributed by atoms with Gasteiger partial charge in [0.1, 0.15) is 11.5 Å². The van der Waals surface area contributed by atoms with Crippen LogP contribution in [0.15, 0.2) is 48.5 Å². The fourth-order valence-corrected chi connectivity index (χ4v) is 1.79. The maximum Gasteiger partial charge on any atom is 0.255 e. The van der Waals surface area contributed by atoms with E-state index in [0.717, 1.165) is 5.75 Å². The van der Waals surface area contributed by atoms with Crippen molar-refractivity contribution in [3.63, 3.8) is 0 Å². The van der Waals surface area contributed by atoms with Gasteiger partial charge in [-0.2, -0.15) is 0 Å². The highest BCUT2D eigenvalue weighted by atomic mass is 16.5. The summed E-state index contributed by atoms with van der Waals surface area (Å²) in [5.41, 5.74) is 1.23. The van der Waals surface area contributed by atoms with E-state index in [0.29, 0.717) is 23.6 Å². The summed E-state index contributed by atoms with van der Waals surface area (Å²) in [4.78, 5) is 12.2. The molecule has 0 aliphatic heterocycles. The minimum Gasteiger partial charge on any atom is -0.497 e. The molecule has 0 saturated carbocycles. The lowest BCUT2D eigenvalue weighted by Crippen LogP contribution is -2.12. The van der Waals surface area contributed by atoms with Gasteiger partial charge in [-0.3, -0.25) is 4.79 Å². The summed E-state index contributed by atoms with van der Waals surface area (Å²) in [5, 5.41) is 2.84. The fourth-order valence-electron chi connectivity index (χ4n) is 1.79. The van der Waals surface area contributed by atoms with E-state index in [1.165, 1.54) is 0 Å². The molecule has 2 rings (SSSR count). The number of ether oxygens (including phenoxy) is 2. The zero-order chi connectivity index (χ0) is 14.4. The molecule has 2 aromatic carbocycles. The Morgan fingerprint density at radius 2 is 1.80 bits per heavy atom. The number of benzene rings is 2. The van der Waals surface area contributed by atoms with Gasteiger partial charge >= 0.3 is 0 Å². The molecular weight excluding hydrogens is 254 g/mol. The van der Waals surface area contributed by atoms with E-state index >= 15 is 0 Å². The van der Waals surface area contributed by atoms with Crippen molar-refractivity contribution in [3.8, 4) is 11.5 Å². The first-order chi connectivity index (χ1) is 9.74. The molecule has 104 valence electrons. The Kier molecular flexibility index (Phi) is 4.60. The number of nitrogens with one attached hydrogen (secondary N) is 1. The normalized spacial score (nSPS) is 9.90. The first kappa shape index (κ1) is 13.9. The van der Waals surface area contributed by atoms with Crippen molar-refractivity contribution in [2.45, 2.75) is 6.92 Å². The van der Waals surface area contributed by atoms with Crippen LogP contribution in [0.25, 0.3) is 0 Å². The van der Waals surface area contributed by atoms with Crippen molar-refractivity contribution in [1.82, 2.24) is 0 Å². The van der Waals surface area contributed by atoms with Crippen LogP contribution in [-0.4, -0.2) is 19.6 Å². The minimum absolute atomic E-state index is 0.181. The van der Waals surface area contributed by atoms with E-state index in [4.69, 9.17) is 9.47 Å². The first-order valence-corrected chi connectivity index (χ1v) is 6.42. The molecule has 0 radical (unpaired) electrons. The molecule has 0 atom stereocenters. The zero-order valence-corrected chi connectivity index (χ0v) is 11.6. The molecule has 0 unspecified atom stereocenters. The quantitative estimate of drug-likeness (QED) is 0.907. The highest BCUT2D eigenvalue weighted by Gasteiger charge is 2.09. The number of hydrogen-bond acceptors (Lipinski definition) is 3. The predicted molar refractivity (Wildman–Crippen MR) is 78.6 cm³/mol. The van der Waals surface area contributed by atoms with Gasteiger partial charge in [0.15, 0.2) is 0 Å². The third-order valence-electron chi connectivity index (χ3n) is 2.79. The Balaban J connectivity index is 2.14. The van der Waals surface area contributed by atoms with Gasteiger partial charge in [0, 0.05) is 5.56 Å². The number of carbonyl (C=O) groups excluding carboxylic acids is 1. The standard InChI is InChI=1S/C16H17NO3/c1-3-20-15-7-5-4-6-14(15)17-16(18)12-8-10-13(19-2)11-9-12/h4-11H,3H2,1-2H3,(H,17,18). The van der Waals surface area contributed by atoms with Crippen LogP contribution in [0.1, 0.15) is 17.3 Å². The molecule has 20 heavy (non-hydrogen) atoms. The van der Waals surface area contributed by atoms with Crippen LogP contribution in [0.3, 0.4) is 0 Å². The van der Waals surface area contributed by atoms with Crippen molar-refractivity contribution in [2.75, 3.05) is 19.0 Å². The molecule has 0 fully saturated rings. The number of hydrogen-bond donors (Lipinski definition) is 1. The third-order valence-corrected chi connectivity index (χ3v) is 2.79. The van der Waals surface area contributed by atoms with E-state index in [2.05, 4.69) is 5.32 Å². The van der Waals surface area contributed by atoms with Gasteiger partial charge in [0.25, 0.3) is 5.91 Å². The van der Waals surface area contributed by atoms with E-state index < -0.39 is 0 Å². The molecule has 0 aliphatic rings. The summed E-state index contributed by atoms with van der Waals surface area (Å²) < 4.78 is 10.5. The second-order valence-corrected chi connectivity index (χ2v) is 4.11.